The molecule has 0 fully saturated rings. The predicted octanol–water partition coefficient (Wildman–Crippen LogP) is 1.23. The molecule has 0 saturated heterocycles. The minimum Gasteiger partial charge on any atom is -0.458 e. The Labute approximate surface area is 101 Å². The highest BCUT2D eigenvalue weighted by molar-refractivity contribution is 5.88. The Bertz CT molecular complexity index is 306. The highest BCUT2D eigenvalue weighted by atomic mass is 16.5. The third kappa shape index (κ3) is 9.41. The molecule has 0 aromatic heterocycles. The molecule has 96 valence electrons. The zero-order valence-corrected chi connectivity index (χ0v) is 10.3. The van der Waals surface area contributed by atoms with Gasteiger partial charge in [-0.05, 0) is 6.92 Å². The molecule has 0 aliphatic rings. The Morgan fingerprint density at radius 3 is 2.00 bits per heavy atom. The second-order valence-electron chi connectivity index (χ2n) is 3.79. The maximum absolute atomic E-state index is 11.2. The van der Waals surface area contributed by atoms with Crippen LogP contribution >= 0.6 is 0 Å². The summed E-state index contributed by atoms with van der Waals surface area (Å²) < 4.78 is 4.67. The Balaban J connectivity index is 3.66. The van der Waals surface area contributed by atoms with Gasteiger partial charge in [-0.15, -0.1) is 0 Å². The van der Waals surface area contributed by atoms with Crippen LogP contribution in [0.5, 0.6) is 0 Å². The Morgan fingerprint density at radius 2 is 1.47 bits per heavy atom. The van der Waals surface area contributed by atoms with Crippen LogP contribution in [0.2, 0.25) is 0 Å². The smallest absolute Gasteiger partial charge is 0.306 e. The Hall–Kier alpha value is -1.52. The molecule has 0 N–H and O–H groups in total. The summed E-state index contributed by atoms with van der Waals surface area (Å²) in [6.45, 7) is 2.80. The summed E-state index contributed by atoms with van der Waals surface area (Å²) in [7, 11) is 0. The Kier molecular flexibility index (Phi) is 7.84. The number of rotatable bonds is 9. The molecule has 0 spiro atoms. The monoisotopic (exact) mass is 242 g/mol. The first-order chi connectivity index (χ1) is 7.95. The van der Waals surface area contributed by atoms with E-state index in [-0.39, 0.29) is 49.6 Å². The van der Waals surface area contributed by atoms with Gasteiger partial charge in [-0.2, -0.15) is 0 Å². The van der Waals surface area contributed by atoms with Gasteiger partial charge in [-0.25, -0.2) is 0 Å². The predicted molar refractivity (Wildman–Crippen MR) is 60.4 cm³/mol. The van der Waals surface area contributed by atoms with Gasteiger partial charge in [0.25, 0.3) is 0 Å². The van der Waals surface area contributed by atoms with Crippen molar-refractivity contribution in [1.82, 2.24) is 0 Å². The summed E-state index contributed by atoms with van der Waals surface area (Å²) in [5.74, 6) is -0.915. The number of hydrogen-bond donors (Lipinski definition) is 0. The summed E-state index contributed by atoms with van der Waals surface area (Å²) in [5.41, 5.74) is 0. The number of ketones is 3. The van der Waals surface area contributed by atoms with E-state index >= 15 is 0 Å². The first kappa shape index (κ1) is 15.5. The van der Waals surface area contributed by atoms with Crippen molar-refractivity contribution in [2.45, 2.75) is 46.0 Å². The lowest BCUT2D eigenvalue weighted by atomic mass is 10.1. The van der Waals surface area contributed by atoms with Crippen LogP contribution in [0, 0.1) is 0 Å². The van der Waals surface area contributed by atoms with Crippen LogP contribution in [0.3, 0.4) is 0 Å². The van der Waals surface area contributed by atoms with Gasteiger partial charge in [0.05, 0.1) is 6.42 Å². The van der Waals surface area contributed by atoms with Crippen molar-refractivity contribution in [3.63, 3.8) is 0 Å². The summed E-state index contributed by atoms with van der Waals surface area (Å²) >= 11 is 0. The molecule has 0 saturated carbocycles. The molecule has 0 rings (SSSR count). The average Bonchev–Trinajstić information content (AvgIpc) is 2.30. The van der Waals surface area contributed by atoms with Crippen molar-refractivity contribution in [1.29, 1.82) is 0 Å². The van der Waals surface area contributed by atoms with Gasteiger partial charge in [-0.3, -0.25) is 14.4 Å². The summed E-state index contributed by atoms with van der Waals surface area (Å²) in [6, 6.07) is 0. The highest BCUT2D eigenvalue weighted by Crippen LogP contribution is 1.98. The molecule has 0 aliphatic heterocycles. The standard InChI is InChI=1S/C12H18O5/c1-3-10(14)5-6-11(15)8-17-12(16)7-4-9(2)13/h3-8H2,1-2H3. The third-order valence-electron chi connectivity index (χ3n) is 2.15. The van der Waals surface area contributed by atoms with Crippen molar-refractivity contribution < 1.29 is 23.9 Å². The first-order valence-electron chi connectivity index (χ1n) is 5.64. The van der Waals surface area contributed by atoms with E-state index < -0.39 is 5.97 Å². The normalized spacial score (nSPS) is 9.76. The second kappa shape index (κ2) is 8.61. The fourth-order valence-electron chi connectivity index (χ4n) is 1.04. The van der Waals surface area contributed by atoms with Crippen LogP contribution in [0.4, 0.5) is 0 Å². The maximum Gasteiger partial charge on any atom is 0.306 e. The topological polar surface area (TPSA) is 77.5 Å². The number of hydrogen-bond acceptors (Lipinski definition) is 5. The lowest BCUT2D eigenvalue weighted by Gasteiger charge is -2.03. The van der Waals surface area contributed by atoms with E-state index in [2.05, 4.69) is 4.74 Å². The highest BCUT2D eigenvalue weighted by Gasteiger charge is 2.10. The second-order valence-corrected chi connectivity index (χ2v) is 3.79. The molecular weight excluding hydrogens is 224 g/mol. The van der Waals surface area contributed by atoms with Crippen molar-refractivity contribution in [2.24, 2.45) is 0 Å². The lowest BCUT2D eigenvalue weighted by molar-refractivity contribution is -0.148. The van der Waals surface area contributed by atoms with Gasteiger partial charge >= 0.3 is 5.97 Å². The average molecular weight is 242 g/mol. The largest absolute Gasteiger partial charge is 0.458 e. The summed E-state index contributed by atoms with van der Waals surface area (Å²) in [5, 5.41) is 0. The first-order valence-corrected chi connectivity index (χ1v) is 5.64. The van der Waals surface area contributed by atoms with E-state index in [1.54, 1.807) is 6.92 Å². The molecule has 0 atom stereocenters. The zero-order valence-electron chi connectivity index (χ0n) is 10.3. The summed E-state index contributed by atoms with van der Waals surface area (Å²) in [4.78, 5) is 43.8. The zero-order chi connectivity index (χ0) is 13.3. The van der Waals surface area contributed by atoms with Crippen LogP contribution in [-0.2, 0) is 23.9 Å². The fraction of sp³-hybridized carbons (Fsp3) is 0.667. The fourth-order valence-corrected chi connectivity index (χ4v) is 1.04. The summed E-state index contributed by atoms with van der Waals surface area (Å²) in [6.07, 6.45) is 0.830. The van der Waals surface area contributed by atoms with E-state index in [9.17, 15) is 19.2 Å². The minimum atomic E-state index is -0.560. The van der Waals surface area contributed by atoms with E-state index in [0.717, 1.165) is 0 Å². The third-order valence-corrected chi connectivity index (χ3v) is 2.15. The van der Waals surface area contributed by atoms with Gasteiger partial charge in [0.15, 0.2) is 5.78 Å². The van der Waals surface area contributed by atoms with Gasteiger partial charge < -0.3 is 9.53 Å². The number of carbonyl (C=O) groups excluding carboxylic acids is 4. The van der Waals surface area contributed by atoms with Crippen molar-refractivity contribution in [2.75, 3.05) is 6.61 Å². The van der Waals surface area contributed by atoms with Crippen molar-refractivity contribution in [3.05, 3.63) is 0 Å². The molecule has 0 amide bonds. The van der Waals surface area contributed by atoms with E-state index in [4.69, 9.17) is 0 Å². The van der Waals surface area contributed by atoms with Gasteiger partial charge in [0.2, 0.25) is 0 Å². The molecule has 0 aromatic rings. The minimum absolute atomic E-state index is 0.00347. The van der Waals surface area contributed by atoms with Crippen LogP contribution in [0.15, 0.2) is 0 Å². The molecular formula is C12H18O5. The van der Waals surface area contributed by atoms with Crippen molar-refractivity contribution >= 4 is 23.3 Å². The molecule has 5 nitrogen and oxygen atoms in total. The van der Waals surface area contributed by atoms with Gasteiger partial charge in [-0.1, -0.05) is 6.92 Å². The molecule has 0 aromatic carbocycles. The number of ether oxygens (including phenoxy) is 1. The van der Waals surface area contributed by atoms with E-state index in [1.165, 1.54) is 6.92 Å². The van der Waals surface area contributed by atoms with Gasteiger partial charge in [0, 0.05) is 25.7 Å². The number of carbonyl (C=O) groups is 4. The maximum atomic E-state index is 11.2. The molecule has 0 heterocycles. The SMILES string of the molecule is CCC(=O)CCC(=O)COC(=O)CCC(C)=O. The van der Waals surface area contributed by atoms with Crippen molar-refractivity contribution in [3.8, 4) is 0 Å². The number of Topliss-reactive ketones (excluding diaryl/α,β-unsaturated/α-hetero) is 3. The molecule has 0 radical (unpaired) electrons. The Morgan fingerprint density at radius 1 is 0.882 bits per heavy atom. The molecule has 0 unspecified atom stereocenters. The van der Waals surface area contributed by atoms with Crippen LogP contribution in [0.25, 0.3) is 0 Å². The molecule has 0 aliphatic carbocycles. The molecule has 17 heavy (non-hydrogen) atoms. The molecule has 0 bridgehead atoms. The number of esters is 1. The van der Waals surface area contributed by atoms with Crippen LogP contribution in [-0.4, -0.2) is 29.9 Å². The van der Waals surface area contributed by atoms with E-state index in [0.29, 0.717) is 6.42 Å². The molecule has 5 heteroatoms. The van der Waals surface area contributed by atoms with Crippen LogP contribution in [0.1, 0.15) is 46.0 Å². The van der Waals surface area contributed by atoms with E-state index in [1.807, 2.05) is 0 Å². The van der Waals surface area contributed by atoms with Gasteiger partial charge in [0.1, 0.15) is 18.2 Å². The quantitative estimate of drug-likeness (QED) is 0.568. The lowest BCUT2D eigenvalue weighted by Crippen LogP contribution is -2.15. The van der Waals surface area contributed by atoms with Crippen LogP contribution < -0.4 is 0 Å².